The molecule has 1 unspecified atom stereocenters. The molecular weight excluding hydrogens is 555 g/mol. The monoisotopic (exact) mass is 576 g/mol. The summed E-state index contributed by atoms with van der Waals surface area (Å²) in [6, 6.07) is 15.9. The van der Waals surface area contributed by atoms with E-state index in [4.69, 9.17) is 32.7 Å². The zero-order chi connectivity index (χ0) is 24.9. The average Bonchev–Trinajstić information content (AvgIpc) is 3.24. The van der Waals surface area contributed by atoms with E-state index in [1.807, 2.05) is 42.6 Å². The summed E-state index contributed by atoms with van der Waals surface area (Å²) >= 11 is 15.8. The predicted octanol–water partition coefficient (Wildman–Crippen LogP) is 6.61. The molecule has 1 aromatic heterocycles. The molecule has 9 heteroatoms. The van der Waals surface area contributed by atoms with E-state index in [0.29, 0.717) is 34.5 Å². The van der Waals surface area contributed by atoms with Crippen molar-refractivity contribution in [2.75, 3.05) is 7.11 Å². The highest BCUT2D eigenvalue weighted by Crippen LogP contribution is 2.35. The minimum absolute atomic E-state index is 0.238. The molecule has 0 radical (unpaired) electrons. The minimum Gasteiger partial charge on any atom is -0.493 e. The van der Waals surface area contributed by atoms with Crippen molar-refractivity contribution in [2.24, 2.45) is 0 Å². The second-order valence-corrected chi connectivity index (χ2v) is 9.65. The number of H-pyrrole nitrogens is 1. The van der Waals surface area contributed by atoms with Gasteiger partial charge in [0.05, 0.1) is 7.11 Å². The van der Waals surface area contributed by atoms with Crippen molar-refractivity contribution in [1.29, 1.82) is 0 Å². The van der Waals surface area contributed by atoms with Gasteiger partial charge in [-0.05, 0) is 41.5 Å². The van der Waals surface area contributed by atoms with Crippen LogP contribution in [0, 0.1) is 0 Å². The summed E-state index contributed by atoms with van der Waals surface area (Å²) in [6.07, 6.45) is 2.21. The van der Waals surface area contributed by atoms with Gasteiger partial charge in [-0.15, -0.1) is 0 Å². The first-order valence-corrected chi connectivity index (χ1v) is 12.3. The number of rotatable bonds is 10. The van der Waals surface area contributed by atoms with Crippen molar-refractivity contribution in [1.82, 2.24) is 10.3 Å². The lowest BCUT2D eigenvalue weighted by atomic mass is 10.0. The molecule has 0 saturated heterocycles. The minimum atomic E-state index is -0.918. The van der Waals surface area contributed by atoms with Crippen molar-refractivity contribution in [2.45, 2.75) is 25.6 Å². The molecule has 4 aromatic rings. The second-order valence-electron chi connectivity index (χ2n) is 7.95. The number of halogens is 3. The summed E-state index contributed by atoms with van der Waals surface area (Å²) in [7, 11) is 1.56. The van der Waals surface area contributed by atoms with Gasteiger partial charge in [-0.1, -0.05) is 63.4 Å². The maximum absolute atomic E-state index is 12.0. The number of carboxylic acids is 1. The molecule has 182 valence electrons. The van der Waals surface area contributed by atoms with Crippen LogP contribution in [0.4, 0.5) is 0 Å². The number of benzene rings is 3. The first-order chi connectivity index (χ1) is 16.9. The molecular formula is C26H23BrCl2N2O4. The molecule has 1 atom stereocenters. The lowest BCUT2D eigenvalue weighted by molar-refractivity contribution is -0.139. The van der Waals surface area contributed by atoms with Gasteiger partial charge in [-0.2, -0.15) is 0 Å². The predicted molar refractivity (Wildman–Crippen MR) is 142 cm³/mol. The number of ether oxygens (including phenoxy) is 2. The normalized spacial score (nSPS) is 12.0. The smallest absolute Gasteiger partial charge is 0.321 e. The van der Waals surface area contributed by atoms with Crippen molar-refractivity contribution >= 4 is 56.0 Å². The Hall–Kier alpha value is -2.71. The van der Waals surface area contributed by atoms with Crippen molar-refractivity contribution < 1.29 is 19.4 Å². The maximum atomic E-state index is 12.0. The molecule has 0 bridgehead atoms. The van der Waals surface area contributed by atoms with Crippen LogP contribution in [0.5, 0.6) is 11.5 Å². The molecule has 0 spiro atoms. The standard InChI is InChI=1S/C26H23BrCl2N2O4/c1-34-24-9-17(20(27)11-25(24)35-14-15-6-7-18(28)10-21(15)29)13-31-23(26(32)33)8-16-12-30-22-5-3-2-4-19(16)22/h2-7,9-12,23,30-31H,8,13-14H2,1H3,(H,32,33). The zero-order valence-electron chi connectivity index (χ0n) is 18.8. The Labute approximate surface area is 221 Å². The van der Waals surface area contributed by atoms with E-state index in [9.17, 15) is 9.90 Å². The van der Waals surface area contributed by atoms with Crippen LogP contribution in [-0.4, -0.2) is 29.2 Å². The summed E-state index contributed by atoms with van der Waals surface area (Å²) in [5.41, 5.74) is 3.56. The molecule has 1 heterocycles. The van der Waals surface area contributed by atoms with Crippen LogP contribution in [0.3, 0.4) is 0 Å². The summed E-state index contributed by atoms with van der Waals surface area (Å²) in [6.45, 7) is 0.557. The number of carboxylic acid groups (broad SMARTS) is 1. The number of hydrogen-bond donors (Lipinski definition) is 3. The Morgan fingerprint density at radius 3 is 2.63 bits per heavy atom. The van der Waals surface area contributed by atoms with Gasteiger partial charge in [0, 0.05) is 50.1 Å². The summed E-state index contributed by atoms with van der Waals surface area (Å²) in [4.78, 5) is 15.2. The van der Waals surface area contributed by atoms with Gasteiger partial charge in [0.1, 0.15) is 12.6 Å². The van der Waals surface area contributed by atoms with Gasteiger partial charge in [0.2, 0.25) is 0 Å². The highest BCUT2D eigenvalue weighted by atomic mass is 79.9. The third-order valence-corrected chi connectivity index (χ3v) is 6.99. The first-order valence-electron chi connectivity index (χ1n) is 10.8. The Morgan fingerprint density at radius 1 is 1.09 bits per heavy atom. The number of aromatic amines is 1. The van der Waals surface area contributed by atoms with E-state index < -0.39 is 12.0 Å². The third-order valence-electron chi connectivity index (χ3n) is 5.67. The number of methoxy groups -OCH3 is 1. The fraction of sp³-hybridized carbons (Fsp3) is 0.192. The Bertz CT molecular complexity index is 1360. The highest BCUT2D eigenvalue weighted by molar-refractivity contribution is 9.10. The van der Waals surface area contributed by atoms with Crippen LogP contribution in [-0.2, 0) is 24.4 Å². The molecule has 35 heavy (non-hydrogen) atoms. The lowest BCUT2D eigenvalue weighted by Crippen LogP contribution is -2.38. The zero-order valence-corrected chi connectivity index (χ0v) is 21.9. The van der Waals surface area contributed by atoms with Gasteiger partial charge >= 0.3 is 5.97 Å². The number of nitrogens with one attached hydrogen (secondary N) is 2. The van der Waals surface area contributed by atoms with Gasteiger partial charge < -0.3 is 19.6 Å². The van der Waals surface area contributed by atoms with Gasteiger partial charge in [-0.3, -0.25) is 10.1 Å². The molecule has 0 amide bonds. The van der Waals surface area contributed by atoms with Crippen LogP contribution in [0.1, 0.15) is 16.7 Å². The van der Waals surface area contributed by atoms with Crippen LogP contribution in [0.2, 0.25) is 10.0 Å². The number of aliphatic carboxylic acids is 1. The Morgan fingerprint density at radius 2 is 1.89 bits per heavy atom. The quantitative estimate of drug-likeness (QED) is 0.197. The molecule has 0 saturated carbocycles. The van der Waals surface area contributed by atoms with E-state index in [1.165, 1.54) is 0 Å². The Balaban J connectivity index is 1.46. The number of aromatic nitrogens is 1. The van der Waals surface area contributed by atoms with Crippen LogP contribution in [0.15, 0.2) is 65.3 Å². The van der Waals surface area contributed by atoms with E-state index in [-0.39, 0.29) is 6.61 Å². The SMILES string of the molecule is COc1cc(CNC(Cc2c[nH]c3ccccc23)C(=O)O)c(Br)cc1OCc1ccc(Cl)cc1Cl. The fourth-order valence-corrected chi connectivity index (χ4v) is 4.71. The molecule has 6 nitrogen and oxygen atoms in total. The molecule has 4 rings (SSSR count). The van der Waals surface area contributed by atoms with Crippen LogP contribution < -0.4 is 14.8 Å². The Kier molecular flexibility index (Phi) is 8.23. The largest absolute Gasteiger partial charge is 0.493 e. The topological polar surface area (TPSA) is 83.6 Å². The summed E-state index contributed by atoms with van der Waals surface area (Å²) < 4.78 is 12.2. The maximum Gasteiger partial charge on any atom is 0.321 e. The van der Waals surface area contributed by atoms with E-state index in [2.05, 4.69) is 26.2 Å². The van der Waals surface area contributed by atoms with E-state index in [1.54, 1.807) is 25.3 Å². The molecule has 0 aliphatic heterocycles. The lowest BCUT2D eigenvalue weighted by Gasteiger charge is -2.17. The van der Waals surface area contributed by atoms with E-state index in [0.717, 1.165) is 32.1 Å². The molecule has 3 N–H and O–H groups in total. The highest BCUT2D eigenvalue weighted by Gasteiger charge is 2.20. The number of carbonyl (C=O) groups is 1. The summed E-state index contributed by atoms with van der Waals surface area (Å²) in [5.74, 6) is 0.138. The van der Waals surface area contributed by atoms with Gasteiger partial charge in [-0.25, -0.2) is 0 Å². The molecule has 3 aromatic carbocycles. The number of fused-ring (bicyclic) bond motifs is 1. The first kappa shape index (κ1) is 25.4. The van der Waals surface area contributed by atoms with Crippen LogP contribution in [0.25, 0.3) is 10.9 Å². The summed E-state index contributed by atoms with van der Waals surface area (Å²) in [5, 5.41) is 15.1. The fourth-order valence-electron chi connectivity index (χ4n) is 3.78. The van der Waals surface area contributed by atoms with Crippen molar-refractivity contribution in [3.05, 3.63) is 92.0 Å². The third kappa shape index (κ3) is 6.11. The number of hydrogen-bond acceptors (Lipinski definition) is 4. The average molecular weight is 578 g/mol. The molecule has 0 aliphatic rings. The van der Waals surface area contributed by atoms with Gasteiger partial charge in [0.15, 0.2) is 11.5 Å². The van der Waals surface area contributed by atoms with Crippen molar-refractivity contribution in [3.63, 3.8) is 0 Å². The molecule has 0 aliphatic carbocycles. The van der Waals surface area contributed by atoms with Gasteiger partial charge in [0.25, 0.3) is 0 Å². The van der Waals surface area contributed by atoms with Crippen LogP contribution >= 0.6 is 39.1 Å². The number of para-hydroxylation sites is 1. The van der Waals surface area contributed by atoms with E-state index >= 15 is 0 Å². The molecule has 0 fully saturated rings. The second kappa shape index (κ2) is 11.4. The van der Waals surface area contributed by atoms with Crippen molar-refractivity contribution in [3.8, 4) is 11.5 Å².